The summed E-state index contributed by atoms with van der Waals surface area (Å²) >= 11 is 1.79. The molecule has 0 bridgehead atoms. The van der Waals surface area contributed by atoms with Crippen LogP contribution in [0.25, 0.3) is 0 Å². The zero-order chi connectivity index (χ0) is 11.7. The molecule has 1 aliphatic rings. The van der Waals surface area contributed by atoms with Crippen molar-refractivity contribution in [1.82, 2.24) is 4.90 Å². The van der Waals surface area contributed by atoms with Gasteiger partial charge in [-0.25, -0.2) is 0 Å². The van der Waals surface area contributed by atoms with Gasteiger partial charge in [-0.05, 0) is 44.9 Å². The lowest BCUT2D eigenvalue weighted by molar-refractivity contribution is -0.142. The maximum atomic E-state index is 11.1. The van der Waals surface area contributed by atoms with Crippen LogP contribution in [0.4, 0.5) is 0 Å². The third kappa shape index (κ3) is 2.28. The Labute approximate surface area is 99.7 Å². The molecule has 0 amide bonds. The number of carboxylic acid groups (broad SMARTS) is 1. The second-order valence-corrected chi connectivity index (χ2v) is 5.87. The van der Waals surface area contributed by atoms with Gasteiger partial charge in [-0.1, -0.05) is 0 Å². The van der Waals surface area contributed by atoms with E-state index in [1.807, 2.05) is 0 Å². The molecule has 0 saturated carbocycles. The van der Waals surface area contributed by atoms with Crippen molar-refractivity contribution in [3.8, 4) is 0 Å². The number of thiophene rings is 1. The molecule has 0 aromatic carbocycles. The Morgan fingerprint density at radius 2 is 2.38 bits per heavy atom. The van der Waals surface area contributed by atoms with Crippen LogP contribution in [0.15, 0.2) is 6.07 Å². The maximum Gasteiger partial charge on any atom is 0.320 e. The van der Waals surface area contributed by atoms with Crippen LogP contribution in [-0.4, -0.2) is 28.6 Å². The number of nitrogens with zero attached hydrogens (tertiary/aromatic N) is 1. The number of aliphatic carboxylic acids is 1. The van der Waals surface area contributed by atoms with Gasteiger partial charge in [0.25, 0.3) is 0 Å². The van der Waals surface area contributed by atoms with E-state index in [0.717, 1.165) is 25.9 Å². The summed E-state index contributed by atoms with van der Waals surface area (Å²) in [4.78, 5) is 15.8. The molecule has 0 spiro atoms. The summed E-state index contributed by atoms with van der Waals surface area (Å²) in [7, 11) is 0. The van der Waals surface area contributed by atoms with E-state index >= 15 is 0 Å². The van der Waals surface area contributed by atoms with Crippen molar-refractivity contribution in [2.45, 2.75) is 39.3 Å². The van der Waals surface area contributed by atoms with Crippen molar-refractivity contribution in [1.29, 1.82) is 0 Å². The molecule has 1 saturated heterocycles. The van der Waals surface area contributed by atoms with Gasteiger partial charge in [-0.15, -0.1) is 11.3 Å². The number of aryl methyl sites for hydroxylation is 2. The second-order valence-electron chi connectivity index (χ2n) is 4.41. The normalized spacial score (nSPS) is 21.5. The van der Waals surface area contributed by atoms with E-state index < -0.39 is 5.97 Å². The number of likely N-dealkylation sites (tertiary alicyclic amines) is 1. The van der Waals surface area contributed by atoms with E-state index in [2.05, 4.69) is 24.8 Å². The Morgan fingerprint density at radius 3 is 2.94 bits per heavy atom. The maximum absolute atomic E-state index is 11.1. The third-order valence-electron chi connectivity index (χ3n) is 3.17. The third-order valence-corrected chi connectivity index (χ3v) is 4.17. The van der Waals surface area contributed by atoms with E-state index in [1.165, 1.54) is 15.3 Å². The predicted octanol–water partition coefficient (Wildman–Crippen LogP) is 2.41. The Bertz CT molecular complexity index is 400. The Kier molecular flexibility index (Phi) is 3.30. The summed E-state index contributed by atoms with van der Waals surface area (Å²) in [5, 5.41) is 9.10. The van der Waals surface area contributed by atoms with E-state index in [1.54, 1.807) is 11.3 Å². The molecule has 3 nitrogen and oxygen atoms in total. The molecule has 1 aliphatic heterocycles. The van der Waals surface area contributed by atoms with E-state index in [0.29, 0.717) is 0 Å². The highest BCUT2D eigenvalue weighted by Crippen LogP contribution is 2.26. The summed E-state index contributed by atoms with van der Waals surface area (Å²) < 4.78 is 0. The number of rotatable bonds is 3. The number of carboxylic acids is 1. The van der Waals surface area contributed by atoms with Gasteiger partial charge in [0.2, 0.25) is 0 Å². The molecule has 1 atom stereocenters. The van der Waals surface area contributed by atoms with Crippen LogP contribution in [0.5, 0.6) is 0 Å². The van der Waals surface area contributed by atoms with Crippen molar-refractivity contribution in [2.24, 2.45) is 0 Å². The molecule has 4 heteroatoms. The van der Waals surface area contributed by atoms with Gasteiger partial charge in [0.15, 0.2) is 0 Å². The highest BCUT2D eigenvalue weighted by molar-refractivity contribution is 7.12. The van der Waals surface area contributed by atoms with Gasteiger partial charge < -0.3 is 5.11 Å². The molecule has 0 unspecified atom stereocenters. The molecule has 0 aliphatic carbocycles. The van der Waals surface area contributed by atoms with Crippen LogP contribution in [0.3, 0.4) is 0 Å². The lowest BCUT2D eigenvalue weighted by atomic mass is 10.2. The molecule has 0 radical (unpaired) electrons. The molecule has 1 aromatic rings. The van der Waals surface area contributed by atoms with Crippen LogP contribution < -0.4 is 0 Å². The Morgan fingerprint density at radius 1 is 1.62 bits per heavy atom. The van der Waals surface area contributed by atoms with Crippen molar-refractivity contribution < 1.29 is 9.90 Å². The Hall–Kier alpha value is -0.870. The number of hydrogen-bond acceptors (Lipinski definition) is 3. The van der Waals surface area contributed by atoms with Crippen LogP contribution in [0.2, 0.25) is 0 Å². The first-order valence-corrected chi connectivity index (χ1v) is 6.42. The van der Waals surface area contributed by atoms with Crippen molar-refractivity contribution >= 4 is 17.3 Å². The minimum atomic E-state index is -0.679. The largest absolute Gasteiger partial charge is 0.480 e. The predicted molar refractivity (Wildman–Crippen MR) is 64.9 cm³/mol. The molecular formula is C12H17NO2S. The average molecular weight is 239 g/mol. The number of hydrogen-bond donors (Lipinski definition) is 1. The van der Waals surface area contributed by atoms with Gasteiger partial charge in [0.05, 0.1) is 0 Å². The van der Waals surface area contributed by atoms with Gasteiger partial charge in [0.1, 0.15) is 6.04 Å². The highest BCUT2D eigenvalue weighted by Gasteiger charge is 2.30. The van der Waals surface area contributed by atoms with Gasteiger partial charge in [-0.3, -0.25) is 9.69 Å². The summed E-state index contributed by atoms with van der Waals surface area (Å²) in [5.74, 6) is -0.679. The van der Waals surface area contributed by atoms with Gasteiger partial charge >= 0.3 is 5.97 Å². The quantitative estimate of drug-likeness (QED) is 0.880. The van der Waals surface area contributed by atoms with Crippen molar-refractivity contribution in [3.05, 3.63) is 21.4 Å². The van der Waals surface area contributed by atoms with Crippen LogP contribution in [0.1, 0.15) is 28.2 Å². The van der Waals surface area contributed by atoms with E-state index in [-0.39, 0.29) is 6.04 Å². The minimum Gasteiger partial charge on any atom is -0.480 e. The first-order valence-electron chi connectivity index (χ1n) is 5.60. The van der Waals surface area contributed by atoms with Crippen LogP contribution in [-0.2, 0) is 11.3 Å². The standard InChI is InChI=1S/C12H17NO2S/c1-8-6-10(9(2)16-8)7-13-5-3-4-11(13)12(14)15/h6,11H,3-5,7H2,1-2H3,(H,14,15)/t11-/m1/s1. The highest BCUT2D eigenvalue weighted by atomic mass is 32.1. The Balaban J connectivity index is 2.09. The minimum absolute atomic E-state index is 0.278. The topological polar surface area (TPSA) is 40.5 Å². The van der Waals surface area contributed by atoms with E-state index in [4.69, 9.17) is 5.11 Å². The first kappa shape index (κ1) is 11.6. The molecule has 2 rings (SSSR count). The molecule has 88 valence electrons. The SMILES string of the molecule is Cc1cc(CN2CCC[C@@H]2C(=O)O)c(C)s1. The van der Waals surface area contributed by atoms with Crippen LogP contribution >= 0.6 is 11.3 Å². The van der Waals surface area contributed by atoms with Crippen molar-refractivity contribution in [2.75, 3.05) is 6.54 Å². The van der Waals surface area contributed by atoms with Gasteiger partial charge in [0, 0.05) is 16.3 Å². The lowest BCUT2D eigenvalue weighted by Crippen LogP contribution is -2.35. The molecular weight excluding hydrogens is 222 g/mol. The smallest absolute Gasteiger partial charge is 0.320 e. The molecule has 1 aromatic heterocycles. The summed E-state index contributed by atoms with van der Waals surface area (Å²) in [6.07, 6.45) is 1.79. The second kappa shape index (κ2) is 4.55. The van der Waals surface area contributed by atoms with Gasteiger partial charge in [-0.2, -0.15) is 0 Å². The monoisotopic (exact) mass is 239 g/mol. The summed E-state index contributed by atoms with van der Waals surface area (Å²) in [5.41, 5.74) is 1.29. The fraction of sp³-hybridized carbons (Fsp3) is 0.583. The molecule has 1 N–H and O–H groups in total. The van der Waals surface area contributed by atoms with Crippen LogP contribution in [0, 0.1) is 13.8 Å². The van der Waals surface area contributed by atoms with E-state index in [9.17, 15) is 4.79 Å². The molecule has 2 heterocycles. The van der Waals surface area contributed by atoms with Crippen molar-refractivity contribution in [3.63, 3.8) is 0 Å². The fourth-order valence-electron chi connectivity index (χ4n) is 2.35. The number of carbonyl (C=O) groups is 1. The zero-order valence-electron chi connectivity index (χ0n) is 9.69. The summed E-state index contributed by atoms with van der Waals surface area (Å²) in [6, 6.07) is 1.90. The molecule has 1 fully saturated rings. The first-order chi connectivity index (χ1) is 7.58. The fourth-order valence-corrected chi connectivity index (χ4v) is 3.29. The molecule has 16 heavy (non-hydrogen) atoms. The lowest BCUT2D eigenvalue weighted by Gasteiger charge is -2.20. The average Bonchev–Trinajstić information content (AvgIpc) is 2.75. The zero-order valence-corrected chi connectivity index (χ0v) is 10.5. The summed E-state index contributed by atoms with van der Waals surface area (Å²) in [6.45, 7) is 5.90.